The summed E-state index contributed by atoms with van der Waals surface area (Å²) in [4.78, 5) is 16.5. The molecular formula is C13H13N5O. The van der Waals surface area contributed by atoms with E-state index >= 15 is 0 Å². The number of fused-ring (bicyclic) bond motifs is 1. The molecule has 0 bridgehead atoms. The van der Waals surface area contributed by atoms with E-state index in [1.165, 1.54) is 17.2 Å². The highest BCUT2D eigenvalue weighted by molar-refractivity contribution is 5.72. The summed E-state index contributed by atoms with van der Waals surface area (Å²) in [6, 6.07) is 7.78. The second-order valence-corrected chi connectivity index (χ2v) is 4.41. The zero-order chi connectivity index (χ0) is 13.4. The number of aryl methyl sites for hydroxylation is 2. The van der Waals surface area contributed by atoms with Crippen LogP contribution in [0.3, 0.4) is 0 Å². The lowest BCUT2D eigenvalue weighted by Gasteiger charge is -2.09. The van der Waals surface area contributed by atoms with Gasteiger partial charge in [-0.2, -0.15) is 5.10 Å². The van der Waals surface area contributed by atoms with Gasteiger partial charge in [0.15, 0.2) is 5.65 Å². The van der Waals surface area contributed by atoms with E-state index in [-0.39, 0.29) is 5.56 Å². The fourth-order valence-electron chi connectivity index (χ4n) is 1.96. The molecule has 0 spiro atoms. The lowest BCUT2D eigenvalue weighted by Crippen LogP contribution is -2.26. The molecule has 0 atom stereocenters. The standard InChI is InChI=1S/C13H13N5O/c1-9-4-3-5-10(6-9)16-18-8-14-12-11(13(18)19)7-15-17(12)2/h3-8,16H,1-2H3. The van der Waals surface area contributed by atoms with Gasteiger partial charge >= 0.3 is 0 Å². The fourth-order valence-corrected chi connectivity index (χ4v) is 1.96. The molecule has 6 heteroatoms. The highest BCUT2D eigenvalue weighted by atomic mass is 16.1. The van der Waals surface area contributed by atoms with E-state index in [1.54, 1.807) is 11.7 Å². The van der Waals surface area contributed by atoms with Crippen LogP contribution in [0.2, 0.25) is 0 Å². The second-order valence-electron chi connectivity index (χ2n) is 4.41. The maximum atomic E-state index is 12.2. The van der Waals surface area contributed by atoms with Crippen LogP contribution >= 0.6 is 0 Å². The number of nitrogens with zero attached hydrogens (tertiary/aromatic N) is 4. The minimum absolute atomic E-state index is 0.167. The molecule has 2 aromatic heterocycles. The van der Waals surface area contributed by atoms with Crippen molar-refractivity contribution in [2.45, 2.75) is 6.92 Å². The molecule has 0 fully saturated rings. The van der Waals surface area contributed by atoms with E-state index in [4.69, 9.17) is 0 Å². The smallest absolute Gasteiger partial charge is 0.283 e. The summed E-state index contributed by atoms with van der Waals surface area (Å²) in [6.45, 7) is 2.00. The van der Waals surface area contributed by atoms with Crippen LogP contribution in [-0.4, -0.2) is 19.4 Å². The van der Waals surface area contributed by atoms with Crippen molar-refractivity contribution in [3.05, 3.63) is 52.7 Å². The Morgan fingerprint density at radius 1 is 1.32 bits per heavy atom. The molecule has 1 N–H and O–H groups in total. The molecule has 2 heterocycles. The molecule has 0 aliphatic rings. The van der Waals surface area contributed by atoms with E-state index in [0.717, 1.165) is 11.3 Å². The summed E-state index contributed by atoms with van der Waals surface area (Å²) >= 11 is 0. The van der Waals surface area contributed by atoms with E-state index in [2.05, 4.69) is 15.5 Å². The Bertz CT molecular complexity index is 802. The van der Waals surface area contributed by atoms with E-state index in [0.29, 0.717) is 11.0 Å². The summed E-state index contributed by atoms with van der Waals surface area (Å²) in [5.74, 6) is 0. The average Bonchev–Trinajstić information content (AvgIpc) is 2.76. The molecule has 0 aliphatic carbocycles. The first-order chi connectivity index (χ1) is 9.15. The van der Waals surface area contributed by atoms with Crippen LogP contribution in [0.5, 0.6) is 0 Å². The molecule has 96 valence electrons. The number of rotatable bonds is 2. The molecule has 0 amide bonds. The van der Waals surface area contributed by atoms with Gasteiger partial charge in [0.25, 0.3) is 5.56 Å². The Morgan fingerprint density at radius 2 is 2.16 bits per heavy atom. The molecule has 1 aromatic carbocycles. The molecule has 3 rings (SSSR count). The van der Waals surface area contributed by atoms with Crippen LogP contribution in [0.25, 0.3) is 11.0 Å². The number of hydrogen-bond acceptors (Lipinski definition) is 4. The van der Waals surface area contributed by atoms with Crippen molar-refractivity contribution in [2.75, 3.05) is 5.43 Å². The number of benzene rings is 1. The molecule has 0 unspecified atom stereocenters. The van der Waals surface area contributed by atoms with Gasteiger partial charge in [0, 0.05) is 7.05 Å². The molecule has 0 radical (unpaired) electrons. The number of nitrogens with one attached hydrogen (secondary N) is 1. The first-order valence-corrected chi connectivity index (χ1v) is 5.88. The minimum Gasteiger partial charge on any atom is -0.290 e. The van der Waals surface area contributed by atoms with Gasteiger partial charge in [-0.05, 0) is 24.6 Å². The molecule has 0 aliphatic heterocycles. The molecular weight excluding hydrogens is 242 g/mol. The Labute approximate surface area is 109 Å². The van der Waals surface area contributed by atoms with Crippen molar-refractivity contribution in [1.29, 1.82) is 0 Å². The van der Waals surface area contributed by atoms with Gasteiger partial charge in [-0.1, -0.05) is 12.1 Å². The average molecular weight is 255 g/mol. The number of anilines is 1. The summed E-state index contributed by atoms with van der Waals surface area (Å²) in [7, 11) is 1.76. The third-order valence-electron chi connectivity index (χ3n) is 2.92. The monoisotopic (exact) mass is 255 g/mol. The first kappa shape index (κ1) is 11.5. The van der Waals surface area contributed by atoms with Crippen LogP contribution in [0.4, 0.5) is 5.69 Å². The largest absolute Gasteiger partial charge is 0.290 e. The number of aromatic nitrogens is 4. The fraction of sp³-hybridized carbons (Fsp3) is 0.154. The summed E-state index contributed by atoms with van der Waals surface area (Å²) < 4.78 is 2.94. The normalized spacial score (nSPS) is 10.8. The topological polar surface area (TPSA) is 64.7 Å². The molecule has 19 heavy (non-hydrogen) atoms. The van der Waals surface area contributed by atoms with Gasteiger partial charge in [0.1, 0.15) is 11.7 Å². The summed E-state index contributed by atoms with van der Waals surface area (Å²) in [5, 5.41) is 4.52. The quantitative estimate of drug-likeness (QED) is 0.750. The molecule has 0 saturated carbocycles. The Kier molecular flexibility index (Phi) is 2.56. The van der Waals surface area contributed by atoms with Gasteiger partial charge in [-0.15, -0.1) is 0 Å². The maximum Gasteiger partial charge on any atom is 0.283 e. The summed E-state index contributed by atoms with van der Waals surface area (Å²) in [6.07, 6.45) is 2.99. The van der Waals surface area contributed by atoms with E-state index in [1.807, 2.05) is 31.2 Å². The van der Waals surface area contributed by atoms with Crippen LogP contribution in [0, 0.1) is 6.92 Å². The Morgan fingerprint density at radius 3 is 2.95 bits per heavy atom. The SMILES string of the molecule is Cc1cccc(Nn2cnc3c(cnn3C)c2=O)c1. The third kappa shape index (κ3) is 1.97. The van der Waals surface area contributed by atoms with Crippen molar-refractivity contribution in [3.8, 4) is 0 Å². The van der Waals surface area contributed by atoms with Gasteiger partial charge in [0.2, 0.25) is 0 Å². The Balaban J connectivity index is 2.06. The van der Waals surface area contributed by atoms with Gasteiger partial charge in [-0.25, -0.2) is 9.66 Å². The lowest BCUT2D eigenvalue weighted by molar-refractivity contribution is 0.779. The van der Waals surface area contributed by atoms with Gasteiger partial charge < -0.3 is 0 Å². The predicted molar refractivity (Wildman–Crippen MR) is 73.0 cm³/mol. The first-order valence-electron chi connectivity index (χ1n) is 5.88. The molecule has 6 nitrogen and oxygen atoms in total. The minimum atomic E-state index is -0.167. The van der Waals surface area contributed by atoms with Crippen molar-refractivity contribution in [2.24, 2.45) is 7.05 Å². The van der Waals surface area contributed by atoms with Crippen LogP contribution in [0.15, 0.2) is 41.6 Å². The van der Waals surface area contributed by atoms with Crippen molar-refractivity contribution in [3.63, 3.8) is 0 Å². The molecule has 3 aromatic rings. The van der Waals surface area contributed by atoms with Crippen molar-refractivity contribution < 1.29 is 0 Å². The van der Waals surface area contributed by atoms with Crippen LogP contribution in [0.1, 0.15) is 5.56 Å². The van der Waals surface area contributed by atoms with Crippen molar-refractivity contribution >= 4 is 16.7 Å². The predicted octanol–water partition coefficient (Wildman–Crippen LogP) is 1.31. The maximum absolute atomic E-state index is 12.2. The van der Waals surface area contributed by atoms with Crippen LogP contribution in [-0.2, 0) is 7.05 Å². The van der Waals surface area contributed by atoms with Crippen LogP contribution < -0.4 is 11.0 Å². The highest BCUT2D eigenvalue weighted by Gasteiger charge is 2.07. The van der Waals surface area contributed by atoms with Gasteiger partial charge in [0.05, 0.1) is 11.9 Å². The zero-order valence-corrected chi connectivity index (χ0v) is 10.7. The van der Waals surface area contributed by atoms with Gasteiger partial charge in [-0.3, -0.25) is 14.9 Å². The Hall–Kier alpha value is -2.63. The lowest BCUT2D eigenvalue weighted by atomic mass is 10.2. The van der Waals surface area contributed by atoms with E-state index < -0.39 is 0 Å². The summed E-state index contributed by atoms with van der Waals surface area (Å²) in [5.41, 5.74) is 5.39. The third-order valence-corrected chi connectivity index (χ3v) is 2.92. The molecule has 0 saturated heterocycles. The second kappa shape index (κ2) is 4.24. The van der Waals surface area contributed by atoms with E-state index in [9.17, 15) is 4.79 Å². The van der Waals surface area contributed by atoms with Crippen molar-refractivity contribution in [1.82, 2.24) is 19.4 Å². The zero-order valence-electron chi connectivity index (χ0n) is 10.7. The highest BCUT2D eigenvalue weighted by Crippen LogP contribution is 2.09. The number of hydrogen-bond donors (Lipinski definition) is 1.